The van der Waals surface area contributed by atoms with Gasteiger partial charge in [0.15, 0.2) is 0 Å². The predicted molar refractivity (Wildman–Crippen MR) is 65.9 cm³/mol. The van der Waals surface area contributed by atoms with Crippen LogP contribution >= 0.6 is 0 Å². The highest BCUT2D eigenvalue weighted by molar-refractivity contribution is 5.09. The number of nitrogens with two attached hydrogens (primary N) is 1. The van der Waals surface area contributed by atoms with Crippen LogP contribution in [0.15, 0.2) is 24.5 Å². The van der Waals surface area contributed by atoms with Gasteiger partial charge in [-0.25, -0.2) is 0 Å². The van der Waals surface area contributed by atoms with Crippen molar-refractivity contribution in [2.45, 2.75) is 32.4 Å². The van der Waals surface area contributed by atoms with Gasteiger partial charge in [-0.05, 0) is 43.0 Å². The van der Waals surface area contributed by atoms with E-state index in [4.69, 9.17) is 5.73 Å². The van der Waals surface area contributed by atoms with Crippen LogP contribution < -0.4 is 5.73 Å². The van der Waals surface area contributed by atoms with Crippen LogP contribution in [0, 0.1) is 5.92 Å². The average Bonchev–Trinajstić information content (AvgIpc) is 2.33. The highest BCUT2D eigenvalue weighted by atomic mass is 15.2. The van der Waals surface area contributed by atoms with Crippen molar-refractivity contribution in [1.82, 2.24) is 9.88 Å². The zero-order chi connectivity index (χ0) is 11.4. The SMILES string of the molecule is CC1CCN(Cc2ccncc2)C(CN)C1. The molecule has 1 aromatic rings. The Morgan fingerprint density at radius 2 is 2.19 bits per heavy atom. The molecule has 1 aromatic heterocycles. The third kappa shape index (κ3) is 2.80. The number of nitrogens with zero attached hydrogens (tertiary/aromatic N) is 2. The standard InChI is InChI=1S/C13H21N3/c1-11-4-7-16(13(8-11)9-14)10-12-2-5-15-6-3-12/h2-3,5-6,11,13H,4,7-10,14H2,1H3. The van der Waals surface area contributed by atoms with Gasteiger partial charge in [0.1, 0.15) is 0 Å². The molecule has 3 nitrogen and oxygen atoms in total. The minimum absolute atomic E-state index is 0.553. The lowest BCUT2D eigenvalue weighted by atomic mass is 9.92. The van der Waals surface area contributed by atoms with Gasteiger partial charge in [0, 0.05) is 31.5 Å². The molecular weight excluding hydrogens is 198 g/mol. The van der Waals surface area contributed by atoms with Crippen LogP contribution in [0.2, 0.25) is 0 Å². The van der Waals surface area contributed by atoms with Crippen molar-refractivity contribution in [3.8, 4) is 0 Å². The van der Waals surface area contributed by atoms with E-state index in [1.807, 2.05) is 12.4 Å². The maximum absolute atomic E-state index is 5.86. The molecule has 2 unspecified atom stereocenters. The Labute approximate surface area is 97.7 Å². The number of aromatic nitrogens is 1. The van der Waals surface area contributed by atoms with Gasteiger partial charge in [-0.15, -0.1) is 0 Å². The van der Waals surface area contributed by atoms with Gasteiger partial charge in [0.05, 0.1) is 0 Å². The first-order chi connectivity index (χ1) is 7.79. The van der Waals surface area contributed by atoms with E-state index in [0.29, 0.717) is 6.04 Å². The Balaban J connectivity index is 1.98. The zero-order valence-corrected chi connectivity index (χ0v) is 9.97. The fourth-order valence-electron chi connectivity index (χ4n) is 2.48. The zero-order valence-electron chi connectivity index (χ0n) is 9.97. The summed E-state index contributed by atoms with van der Waals surface area (Å²) in [6, 6.07) is 4.73. The van der Waals surface area contributed by atoms with E-state index in [1.165, 1.54) is 24.9 Å². The minimum Gasteiger partial charge on any atom is -0.329 e. The Kier molecular flexibility index (Phi) is 3.91. The van der Waals surface area contributed by atoms with E-state index in [-0.39, 0.29) is 0 Å². The fraction of sp³-hybridized carbons (Fsp3) is 0.615. The highest BCUT2D eigenvalue weighted by Crippen LogP contribution is 2.23. The van der Waals surface area contributed by atoms with Crippen LogP contribution in [0.25, 0.3) is 0 Å². The van der Waals surface area contributed by atoms with Crippen molar-refractivity contribution in [2.24, 2.45) is 11.7 Å². The molecular formula is C13H21N3. The molecule has 1 aliphatic rings. The molecule has 0 aromatic carbocycles. The van der Waals surface area contributed by atoms with Crippen molar-refractivity contribution in [1.29, 1.82) is 0 Å². The van der Waals surface area contributed by atoms with Gasteiger partial charge < -0.3 is 5.73 Å². The number of pyridine rings is 1. The maximum atomic E-state index is 5.86. The molecule has 0 aliphatic carbocycles. The van der Waals surface area contributed by atoms with Crippen molar-refractivity contribution in [2.75, 3.05) is 13.1 Å². The van der Waals surface area contributed by atoms with E-state index in [2.05, 4.69) is 28.9 Å². The lowest BCUT2D eigenvalue weighted by molar-refractivity contribution is 0.115. The van der Waals surface area contributed by atoms with Gasteiger partial charge in [-0.3, -0.25) is 9.88 Å². The molecule has 1 fully saturated rings. The summed E-state index contributed by atoms with van der Waals surface area (Å²) in [4.78, 5) is 6.56. The molecule has 2 heterocycles. The second-order valence-electron chi connectivity index (χ2n) is 4.85. The molecule has 1 aliphatic heterocycles. The summed E-state index contributed by atoms with van der Waals surface area (Å²) in [7, 11) is 0. The lowest BCUT2D eigenvalue weighted by Gasteiger charge is -2.38. The summed E-state index contributed by atoms with van der Waals surface area (Å²) in [6.45, 7) is 5.28. The summed E-state index contributed by atoms with van der Waals surface area (Å²) in [5.74, 6) is 0.822. The fourth-order valence-corrected chi connectivity index (χ4v) is 2.48. The van der Waals surface area contributed by atoms with Gasteiger partial charge in [0.2, 0.25) is 0 Å². The van der Waals surface area contributed by atoms with Crippen LogP contribution in [-0.2, 0) is 6.54 Å². The molecule has 3 heteroatoms. The smallest absolute Gasteiger partial charge is 0.0271 e. The molecule has 0 bridgehead atoms. The van der Waals surface area contributed by atoms with Crippen LogP contribution in [0.5, 0.6) is 0 Å². The first-order valence-corrected chi connectivity index (χ1v) is 6.12. The molecule has 88 valence electrons. The van der Waals surface area contributed by atoms with Crippen molar-refractivity contribution in [3.05, 3.63) is 30.1 Å². The van der Waals surface area contributed by atoms with E-state index >= 15 is 0 Å². The topological polar surface area (TPSA) is 42.2 Å². The molecule has 2 N–H and O–H groups in total. The Morgan fingerprint density at radius 3 is 2.88 bits per heavy atom. The van der Waals surface area contributed by atoms with Crippen LogP contribution in [0.1, 0.15) is 25.3 Å². The molecule has 16 heavy (non-hydrogen) atoms. The van der Waals surface area contributed by atoms with Crippen LogP contribution in [-0.4, -0.2) is 29.0 Å². The number of hydrogen-bond acceptors (Lipinski definition) is 3. The number of hydrogen-bond donors (Lipinski definition) is 1. The molecule has 0 saturated carbocycles. The summed E-state index contributed by atoms with van der Waals surface area (Å²) < 4.78 is 0. The Morgan fingerprint density at radius 1 is 1.44 bits per heavy atom. The monoisotopic (exact) mass is 219 g/mol. The molecule has 2 atom stereocenters. The van der Waals surface area contributed by atoms with Crippen molar-refractivity contribution < 1.29 is 0 Å². The van der Waals surface area contributed by atoms with Crippen molar-refractivity contribution in [3.63, 3.8) is 0 Å². The number of likely N-dealkylation sites (tertiary alicyclic amines) is 1. The number of rotatable bonds is 3. The van der Waals surface area contributed by atoms with E-state index in [0.717, 1.165) is 19.0 Å². The normalized spacial score (nSPS) is 26.9. The highest BCUT2D eigenvalue weighted by Gasteiger charge is 2.24. The maximum Gasteiger partial charge on any atom is 0.0271 e. The third-order valence-corrected chi connectivity index (χ3v) is 3.51. The van der Waals surface area contributed by atoms with Gasteiger partial charge in [-0.2, -0.15) is 0 Å². The van der Waals surface area contributed by atoms with E-state index in [1.54, 1.807) is 0 Å². The summed E-state index contributed by atoms with van der Waals surface area (Å²) in [6.07, 6.45) is 6.25. The largest absolute Gasteiger partial charge is 0.329 e. The molecule has 1 saturated heterocycles. The second kappa shape index (κ2) is 5.41. The predicted octanol–water partition coefficient (Wildman–Crippen LogP) is 1.64. The quantitative estimate of drug-likeness (QED) is 0.840. The molecule has 2 rings (SSSR count). The minimum atomic E-state index is 0.553. The Hall–Kier alpha value is -0.930. The van der Waals surface area contributed by atoms with Gasteiger partial charge in [0.25, 0.3) is 0 Å². The third-order valence-electron chi connectivity index (χ3n) is 3.51. The summed E-state index contributed by atoms with van der Waals surface area (Å²) in [5, 5.41) is 0. The summed E-state index contributed by atoms with van der Waals surface area (Å²) in [5.41, 5.74) is 7.19. The summed E-state index contributed by atoms with van der Waals surface area (Å²) >= 11 is 0. The second-order valence-corrected chi connectivity index (χ2v) is 4.85. The van der Waals surface area contributed by atoms with Gasteiger partial charge in [-0.1, -0.05) is 6.92 Å². The lowest BCUT2D eigenvalue weighted by Crippen LogP contribution is -2.45. The first kappa shape index (κ1) is 11.6. The van der Waals surface area contributed by atoms with Crippen LogP contribution in [0.3, 0.4) is 0 Å². The number of piperidine rings is 1. The van der Waals surface area contributed by atoms with Gasteiger partial charge >= 0.3 is 0 Å². The van der Waals surface area contributed by atoms with Crippen molar-refractivity contribution >= 4 is 0 Å². The van der Waals surface area contributed by atoms with E-state index < -0.39 is 0 Å². The average molecular weight is 219 g/mol. The first-order valence-electron chi connectivity index (χ1n) is 6.12. The molecule has 0 spiro atoms. The molecule has 0 amide bonds. The van der Waals surface area contributed by atoms with Crippen LogP contribution in [0.4, 0.5) is 0 Å². The molecule has 0 radical (unpaired) electrons. The van der Waals surface area contributed by atoms with E-state index in [9.17, 15) is 0 Å². The Bertz CT molecular complexity index is 312.